The summed E-state index contributed by atoms with van der Waals surface area (Å²) >= 11 is 0. The summed E-state index contributed by atoms with van der Waals surface area (Å²) in [7, 11) is 0. The number of nitrogens with two attached hydrogens (primary N) is 3. The highest BCUT2D eigenvalue weighted by molar-refractivity contribution is 4.62. The van der Waals surface area contributed by atoms with Crippen LogP contribution in [0.4, 0.5) is 0 Å². The molecule has 1 atom stereocenters. The summed E-state index contributed by atoms with van der Waals surface area (Å²) < 4.78 is 0. The Bertz CT molecular complexity index is 66.8. The monoisotopic (exact) mass is 146 g/mol. The molecular formula is C6H18N4. The van der Waals surface area contributed by atoms with Crippen molar-refractivity contribution in [3.05, 3.63) is 0 Å². The van der Waals surface area contributed by atoms with Crippen LogP contribution in [0.25, 0.3) is 0 Å². The van der Waals surface area contributed by atoms with E-state index in [0.717, 1.165) is 19.5 Å². The van der Waals surface area contributed by atoms with E-state index >= 15 is 0 Å². The van der Waals surface area contributed by atoms with Gasteiger partial charge >= 0.3 is 0 Å². The minimum absolute atomic E-state index is 0.130. The Kier molecular flexibility index (Phi) is 6.84. The van der Waals surface area contributed by atoms with Gasteiger partial charge in [0.2, 0.25) is 0 Å². The quantitative estimate of drug-likeness (QED) is 0.333. The van der Waals surface area contributed by atoms with Crippen LogP contribution >= 0.6 is 0 Å². The Morgan fingerprint density at radius 3 is 2.40 bits per heavy atom. The summed E-state index contributed by atoms with van der Waals surface area (Å²) in [5.74, 6) is 0. The predicted molar refractivity (Wildman–Crippen MR) is 43.6 cm³/mol. The Morgan fingerprint density at radius 1 is 1.20 bits per heavy atom. The first-order chi connectivity index (χ1) is 4.81. The van der Waals surface area contributed by atoms with Crippen LogP contribution in [0.1, 0.15) is 6.42 Å². The Hall–Kier alpha value is -0.160. The van der Waals surface area contributed by atoms with Crippen LogP contribution in [0.15, 0.2) is 0 Å². The molecule has 0 saturated heterocycles. The van der Waals surface area contributed by atoms with E-state index in [1.54, 1.807) is 0 Å². The second kappa shape index (κ2) is 6.95. The minimum Gasteiger partial charge on any atom is -0.329 e. The maximum absolute atomic E-state index is 5.56. The molecule has 0 aromatic carbocycles. The maximum Gasteiger partial charge on any atom is 0.0175 e. The van der Waals surface area contributed by atoms with Gasteiger partial charge in [-0.05, 0) is 13.0 Å². The van der Waals surface area contributed by atoms with Gasteiger partial charge in [-0.2, -0.15) is 0 Å². The zero-order valence-corrected chi connectivity index (χ0v) is 6.34. The highest BCUT2D eigenvalue weighted by Crippen LogP contribution is 1.80. The van der Waals surface area contributed by atoms with Gasteiger partial charge in [0.15, 0.2) is 0 Å². The van der Waals surface area contributed by atoms with Gasteiger partial charge in [-0.1, -0.05) is 0 Å². The molecule has 0 aromatic heterocycles. The molecule has 0 spiro atoms. The lowest BCUT2D eigenvalue weighted by atomic mass is 10.2. The minimum atomic E-state index is 0.130. The van der Waals surface area contributed by atoms with Crippen molar-refractivity contribution in [2.24, 2.45) is 17.2 Å². The number of hydrogen-bond acceptors (Lipinski definition) is 4. The first-order valence-corrected chi connectivity index (χ1v) is 3.67. The third-order valence-corrected chi connectivity index (χ3v) is 1.32. The molecule has 0 aliphatic heterocycles. The highest BCUT2D eigenvalue weighted by atomic mass is 14.9. The molecule has 1 unspecified atom stereocenters. The van der Waals surface area contributed by atoms with E-state index in [2.05, 4.69) is 5.32 Å². The first-order valence-electron chi connectivity index (χ1n) is 3.67. The van der Waals surface area contributed by atoms with E-state index in [9.17, 15) is 0 Å². The second-order valence-corrected chi connectivity index (χ2v) is 2.32. The van der Waals surface area contributed by atoms with E-state index in [1.165, 1.54) is 0 Å². The van der Waals surface area contributed by atoms with Crippen LogP contribution in [0, 0.1) is 0 Å². The molecule has 0 saturated carbocycles. The largest absolute Gasteiger partial charge is 0.329 e. The first kappa shape index (κ1) is 9.84. The molecule has 0 aliphatic rings. The predicted octanol–water partition coefficient (Wildman–Crippen LogP) is -1.79. The Balaban J connectivity index is 2.89. The summed E-state index contributed by atoms with van der Waals surface area (Å²) in [6, 6.07) is 0.130. The lowest BCUT2D eigenvalue weighted by Crippen LogP contribution is -2.34. The van der Waals surface area contributed by atoms with Crippen molar-refractivity contribution >= 4 is 0 Å². The molecule has 0 rings (SSSR count). The van der Waals surface area contributed by atoms with E-state index in [4.69, 9.17) is 17.2 Å². The van der Waals surface area contributed by atoms with Gasteiger partial charge in [-0.3, -0.25) is 0 Å². The molecule has 0 radical (unpaired) electrons. The topological polar surface area (TPSA) is 90.1 Å². The summed E-state index contributed by atoms with van der Waals surface area (Å²) in [5.41, 5.74) is 16.1. The van der Waals surface area contributed by atoms with Crippen molar-refractivity contribution in [2.75, 3.05) is 26.2 Å². The van der Waals surface area contributed by atoms with Crippen LogP contribution in [0.5, 0.6) is 0 Å². The molecule has 0 heterocycles. The van der Waals surface area contributed by atoms with Gasteiger partial charge < -0.3 is 22.5 Å². The fraction of sp³-hybridized carbons (Fsp3) is 1.00. The van der Waals surface area contributed by atoms with Crippen molar-refractivity contribution in [1.29, 1.82) is 0 Å². The van der Waals surface area contributed by atoms with Crippen molar-refractivity contribution in [2.45, 2.75) is 12.5 Å². The van der Waals surface area contributed by atoms with Crippen molar-refractivity contribution in [3.63, 3.8) is 0 Å². The highest BCUT2D eigenvalue weighted by Gasteiger charge is 1.96. The third kappa shape index (κ3) is 5.97. The molecule has 10 heavy (non-hydrogen) atoms. The molecule has 0 fully saturated rings. The van der Waals surface area contributed by atoms with E-state index in [-0.39, 0.29) is 6.04 Å². The van der Waals surface area contributed by atoms with Gasteiger partial charge in [0.05, 0.1) is 0 Å². The average molecular weight is 146 g/mol. The molecule has 0 bridgehead atoms. The van der Waals surface area contributed by atoms with Gasteiger partial charge in [-0.25, -0.2) is 0 Å². The number of hydrogen-bond donors (Lipinski definition) is 4. The van der Waals surface area contributed by atoms with E-state index in [1.807, 2.05) is 0 Å². The van der Waals surface area contributed by atoms with Gasteiger partial charge in [-0.15, -0.1) is 0 Å². The SMILES string of the molecule is NCCNCCC(N)CN. The standard InChI is InChI=1S/C6H18N4/c7-2-4-10-3-1-6(9)5-8/h6,10H,1-5,7-9H2. The molecule has 4 heteroatoms. The Labute approximate surface area is 62.1 Å². The molecule has 0 aliphatic carbocycles. The molecule has 4 nitrogen and oxygen atoms in total. The average Bonchev–Trinajstić information content (AvgIpc) is 1.98. The second-order valence-electron chi connectivity index (χ2n) is 2.32. The maximum atomic E-state index is 5.56. The molecular weight excluding hydrogens is 128 g/mol. The zero-order valence-electron chi connectivity index (χ0n) is 6.34. The lowest BCUT2D eigenvalue weighted by Gasteiger charge is -2.07. The van der Waals surface area contributed by atoms with Crippen molar-refractivity contribution in [1.82, 2.24) is 5.32 Å². The fourth-order valence-electron chi connectivity index (χ4n) is 0.632. The van der Waals surface area contributed by atoms with Crippen LogP contribution in [0.3, 0.4) is 0 Å². The number of rotatable bonds is 6. The third-order valence-electron chi connectivity index (χ3n) is 1.32. The molecule has 62 valence electrons. The zero-order chi connectivity index (χ0) is 7.82. The lowest BCUT2D eigenvalue weighted by molar-refractivity contribution is 0.570. The fourth-order valence-corrected chi connectivity index (χ4v) is 0.632. The van der Waals surface area contributed by atoms with Crippen molar-refractivity contribution in [3.8, 4) is 0 Å². The van der Waals surface area contributed by atoms with Crippen LogP contribution in [-0.2, 0) is 0 Å². The smallest absolute Gasteiger partial charge is 0.0175 e. The van der Waals surface area contributed by atoms with Gasteiger partial charge in [0.25, 0.3) is 0 Å². The summed E-state index contributed by atoms with van der Waals surface area (Å²) in [5, 5.41) is 3.14. The van der Waals surface area contributed by atoms with Crippen LogP contribution < -0.4 is 22.5 Å². The van der Waals surface area contributed by atoms with Gasteiger partial charge in [0, 0.05) is 25.7 Å². The molecule has 7 N–H and O–H groups in total. The summed E-state index contributed by atoms with van der Waals surface area (Å²) in [6.07, 6.45) is 0.927. The van der Waals surface area contributed by atoms with Crippen LogP contribution in [-0.4, -0.2) is 32.2 Å². The van der Waals surface area contributed by atoms with E-state index in [0.29, 0.717) is 13.1 Å². The summed E-state index contributed by atoms with van der Waals surface area (Å²) in [6.45, 7) is 3.01. The van der Waals surface area contributed by atoms with Crippen LogP contribution in [0.2, 0.25) is 0 Å². The Morgan fingerprint density at radius 2 is 1.90 bits per heavy atom. The number of nitrogens with one attached hydrogen (secondary N) is 1. The van der Waals surface area contributed by atoms with E-state index < -0.39 is 0 Å². The normalized spacial score (nSPS) is 13.5. The molecule has 0 amide bonds. The molecule has 0 aromatic rings. The van der Waals surface area contributed by atoms with Gasteiger partial charge in [0.1, 0.15) is 0 Å². The van der Waals surface area contributed by atoms with Crippen molar-refractivity contribution < 1.29 is 0 Å². The summed E-state index contributed by atoms with van der Waals surface area (Å²) in [4.78, 5) is 0.